The normalized spacial score (nSPS) is 20.3. The molecule has 1 saturated carbocycles. The number of aromatic amines is 1. The second-order valence-corrected chi connectivity index (χ2v) is 10.1. The monoisotopic (exact) mass is 394 g/mol. The molecule has 8 heteroatoms. The Morgan fingerprint density at radius 3 is 2.63 bits per heavy atom. The number of alkyl halides is 2. The standard InChI is InChI=1S/C19H24F2N4OS/c1-18(2,3)27(26)25-16(13-6-8-19(20,21)9-7-13)17-23-14-5-4-12(11-22)10-15(14)24-17/h4-5,10,13,16,25H,6-9H2,1-3H3,(H,23,24)/t16-,27+/m0/s1. The Hall–Kier alpha value is -1.85. The molecule has 27 heavy (non-hydrogen) atoms. The smallest absolute Gasteiger partial charge is 0.248 e. The highest BCUT2D eigenvalue weighted by Crippen LogP contribution is 2.41. The van der Waals surface area contributed by atoms with Crippen LogP contribution in [0, 0.1) is 17.2 Å². The van der Waals surface area contributed by atoms with Crippen molar-refractivity contribution in [3.63, 3.8) is 0 Å². The van der Waals surface area contributed by atoms with Gasteiger partial charge in [0.05, 0.1) is 44.4 Å². The Labute approximate surface area is 160 Å². The Morgan fingerprint density at radius 1 is 1.37 bits per heavy atom. The lowest BCUT2D eigenvalue weighted by atomic mass is 9.82. The number of imidazole rings is 1. The number of halogens is 2. The molecule has 1 aliphatic rings. The van der Waals surface area contributed by atoms with E-state index in [1.165, 1.54) is 0 Å². The van der Waals surface area contributed by atoms with Crippen LogP contribution in [0.5, 0.6) is 0 Å². The zero-order chi connectivity index (χ0) is 19.8. The summed E-state index contributed by atoms with van der Waals surface area (Å²) in [6, 6.07) is 6.81. The predicted molar refractivity (Wildman–Crippen MR) is 101 cm³/mol. The van der Waals surface area contributed by atoms with Crippen LogP contribution in [0.1, 0.15) is 63.9 Å². The molecule has 0 radical (unpaired) electrons. The van der Waals surface area contributed by atoms with Crippen LogP contribution in [-0.4, -0.2) is 24.8 Å². The molecule has 0 spiro atoms. The van der Waals surface area contributed by atoms with Crippen molar-refractivity contribution in [2.24, 2.45) is 5.92 Å². The number of rotatable bonds is 4. The number of aromatic nitrogens is 2. The molecule has 2 aromatic rings. The first-order chi connectivity index (χ1) is 12.6. The van der Waals surface area contributed by atoms with Crippen molar-refractivity contribution < 1.29 is 13.0 Å². The second kappa shape index (κ2) is 7.28. The average molecular weight is 394 g/mol. The molecule has 1 heterocycles. The van der Waals surface area contributed by atoms with E-state index in [0.29, 0.717) is 35.3 Å². The Bertz CT molecular complexity index is 887. The Balaban J connectivity index is 1.94. The third kappa shape index (κ3) is 4.53. The predicted octanol–water partition coefficient (Wildman–Crippen LogP) is 4.35. The fraction of sp³-hybridized carbons (Fsp3) is 0.579. The topological polar surface area (TPSA) is 81.6 Å². The number of hydrogen-bond acceptors (Lipinski definition) is 3. The van der Waals surface area contributed by atoms with E-state index in [4.69, 9.17) is 5.26 Å². The van der Waals surface area contributed by atoms with E-state index >= 15 is 0 Å². The largest absolute Gasteiger partial charge is 0.341 e. The summed E-state index contributed by atoms with van der Waals surface area (Å²) in [4.78, 5) is 7.78. The van der Waals surface area contributed by atoms with E-state index in [9.17, 15) is 13.0 Å². The summed E-state index contributed by atoms with van der Waals surface area (Å²) < 4.78 is 42.6. The molecule has 0 aliphatic heterocycles. The van der Waals surface area contributed by atoms with E-state index in [0.717, 1.165) is 0 Å². The van der Waals surface area contributed by atoms with E-state index < -0.39 is 27.7 Å². The third-order valence-corrected chi connectivity index (χ3v) is 6.53. The first-order valence-electron chi connectivity index (χ1n) is 9.05. The molecule has 0 amide bonds. The summed E-state index contributed by atoms with van der Waals surface area (Å²) in [6.07, 6.45) is 0.340. The van der Waals surface area contributed by atoms with Crippen LogP contribution < -0.4 is 4.72 Å². The SMILES string of the molecule is CC(C)(C)[S@@](=O)N[C@H](c1nc2ccc(C#N)cc2[nH]1)C1CCC(F)(F)CC1. The molecular weight excluding hydrogens is 370 g/mol. The van der Waals surface area contributed by atoms with Crippen molar-refractivity contribution >= 4 is 22.0 Å². The lowest BCUT2D eigenvalue weighted by molar-refractivity contribution is -0.0491. The highest BCUT2D eigenvalue weighted by Gasteiger charge is 2.40. The van der Waals surface area contributed by atoms with Gasteiger partial charge in [0.1, 0.15) is 5.82 Å². The van der Waals surface area contributed by atoms with Crippen molar-refractivity contribution in [3.8, 4) is 6.07 Å². The minimum absolute atomic E-state index is 0.0908. The lowest BCUT2D eigenvalue weighted by Gasteiger charge is -2.34. The summed E-state index contributed by atoms with van der Waals surface area (Å²) in [5, 5.41) is 9.07. The van der Waals surface area contributed by atoms with Gasteiger partial charge in [-0.05, 0) is 57.7 Å². The summed E-state index contributed by atoms with van der Waals surface area (Å²) in [5.74, 6) is -2.14. The van der Waals surface area contributed by atoms with Crippen LogP contribution in [0.2, 0.25) is 0 Å². The molecule has 0 bridgehead atoms. The quantitative estimate of drug-likeness (QED) is 0.809. The molecule has 1 aromatic carbocycles. The van der Waals surface area contributed by atoms with Crippen LogP contribution >= 0.6 is 0 Å². The molecular formula is C19H24F2N4OS. The Morgan fingerprint density at radius 2 is 2.04 bits per heavy atom. The number of benzene rings is 1. The van der Waals surface area contributed by atoms with E-state index in [1.54, 1.807) is 18.2 Å². The summed E-state index contributed by atoms with van der Waals surface area (Å²) in [5.41, 5.74) is 1.91. The lowest BCUT2D eigenvalue weighted by Crippen LogP contribution is -2.40. The maximum atomic E-state index is 13.6. The van der Waals surface area contributed by atoms with Gasteiger partial charge < -0.3 is 4.98 Å². The third-order valence-electron chi connectivity index (χ3n) is 4.95. The number of nitriles is 1. The van der Waals surface area contributed by atoms with Gasteiger partial charge in [-0.25, -0.2) is 22.7 Å². The number of H-pyrrole nitrogens is 1. The summed E-state index contributed by atoms with van der Waals surface area (Å²) >= 11 is 0. The molecule has 2 atom stereocenters. The molecule has 3 rings (SSSR count). The van der Waals surface area contributed by atoms with Gasteiger partial charge in [-0.15, -0.1) is 0 Å². The molecule has 146 valence electrons. The minimum Gasteiger partial charge on any atom is -0.341 e. The van der Waals surface area contributed by atoms with Crippen LogP contribution in [0.15, 0.2) is 18.2 Å². The number of hydrogen-bond donors (Lipinski definition) is 2. The molecule has 1 aliphatic carbocycles. The highest BCUT2D eigenvalue weighted by molar-refractivity contribution is 7.84. The summed E-state index contributed by atoms with van der Waals surface area (Å²) in [6.45, 7) is 5.58. The molecule has 1 fully saturated rings. The molecule has 5 nitrogen and oxygen atoms in total. The fourth-order valence-corrected chi connectivity index (χ4v) is 4.20. The van der Waals surface area contributed by atoms with Gasteiger partial charge in [0.15, 0.2) is 0 Å². The maximum absolute atomic E-state index is 13.6. The van der Waals surface area contributed by atoms with Gasteiger partial charge in [-0.3, -0.25) is 0 Å². The van der Waals surface area contributed by atoms with E-state index in [2.05, 4.69) is 20.8 Å². The van der Waals surface area contributed by atoms with Gasteiger partial charge >= 0.3 is 0 Å². The molecule has 0 saturated heterocycles. The number of fused-ring (bicyclic) bond motifs is 1. The highest BCUT2D eigenvalue weighted by atomic mass is 32.2. The van der Waals surface area contributed by atoms with Crippen LogP contribution in [0.3, 0.4) is 0 Å². The average Bonchev–Trinajstić information content (AvgIpc) is 3.01. The van der Waals surface area contributed by atoms with Crippen molar-refractivity contribution in [1.82, 2.24) is 14.7 Å². The van der Waals surface area contributed by atoms with Crippen molar-refractivity contribution in [2.45, 2.75) is 63.2 Å². The number of nitrogens with zero attached hydrogens (tertiary/aromatic N) is 2. The Kier molecular flexibility index (Phi) is 5.37. The van der Waals surface area contributed by atoms with Gasteiger partial charge in [0, 0.05) is 12.8 Å². The molecule has 1 aromatic heterocycles. The van der Waals surface area contributed by atoms with Crippen molar-refractivity contribution in [2.75, 3.05) is 0 Å². The van der Waals surface area contributed by atoms with Crippen LogP contribution in [-0.2, 0) is 11.0 Å². The van der Waals surface area contributed by atoms with E-state index in [-0.39, 0.29) is 18.8 Å². The van der Waals surface area contributed by atoms with Gasteiger partial charge in [0.25, 0.3) is 0 Å². The van der Waals surface area contributed by atoms with Gasteiger partial charge in [-0.1, -0.05) is 0 Å². The van der Waals surface area contributed by atoms with Gasteiger partial charge in [-0.2, -0.15) is 5.26 Å². The summed E-state index contributed by atoms with van der Waals surface area (Å²) in [7, 11) is -1.37. The first kappa shape index (κ1) is 19.9. The van der Waals surface area contributed by atoms with Crippen LogP contribution in [0.25, 0.3) is 11.0 Å². The molecule has 0 unspecified atom stereocenters. The van der Waals surface area contributed by atoms with E-state index in [1.807, 2.05) is 20.8 Å². The molecule has 2 N–H and O–H groups in total. The minimum atomic E-state index is -2.63. The van der Waals surface area contributed by atoms with Crippen molar-refractivity contribution in [1.29, 1.82) is 5.26 Å². The first-order valence-corrected chi connectivity index (χ1v) is 10.2. The maximum Gasteiger partial charge on any atom is 0.248 e. The van der Waals surface area contributed by atoms with Gasteiger partial charge in [0.2, 0.25) is 5.92 Å². The fourth-order valence-electron chi connectivity index (χ4n) is 3.31. The van der Waals surface area contributed by atoms with Crippen LogP contribution in [0.4, 0.5) is 8.78 Å². The second-order valence-electron chi connectivity index (χ2n) is 8.14. The zero-order valence-corrected chi connectivity index (χ0v) is 16.5. The van der Waals surface area contributed by atoms with Crippen molar-refractivity contribution in [3.05, 3.63) is 29.6 Å². The number of nitrogens with one attached hydrogen (secondary N) is 2. The zero-order valence-electron chi connectivity index (χ0n) is 15.7.